The Hall–Kier alpha value is -3.46. The van der Waals surface area contributed by atoms with Crippen LogP contribution in [0.1, 0.15) is 18.9 Å². The number of benzene rings is 2. The zero-order valence-corrected chi connectivity index (χ0v) is 17.8. The summed E-state index contributed by atoms with van der Waals surface area (Å²) in [6.45, 7) is 4.32. The molecule has 2 aromatic carbocycles. The number of ether oxygens (including phenoxy) is 1. The number of imide groups is 1. The predicted octanol–water partition coefficient (Wildman–Crippen LogP) is 2.46. The zero-order valence-electron chi connectivity index (χ0n) is 17.8. The third kappa shape index (κ3) is 4.16. The molecule has 168 valence electrons. The zero-order chi connectivity index (χ0) is 22.7. The van der Waals surface area contributed by atoms with Gasteiger partial charge in [0.15, 0.2) is 0 Å². The molecule has 8 nitrogen and oxygen atoms in total. The lowest BCUT2D eigenvalue weighted by Gasteiger charge is -2.28. The van der Waals surface area contributed by atoms with E-state index >= 15 is 0 Å². The van der Waals surface area contributed by atoms with Crippen molar-refractivity contribution in [3.8, 4) is 0 Å². The van der Waals surface area contributed by atoms with E-state index in [2.05, 4.69) is 15.5 Å². The molecule has 0 radical (unpaired) electrons. The van der Waals surface area contributed by atoms with Gasteiger partial charge in [-0.15, -0.1) is 0 Å². The Labute approximate surface area is 185 Å². The Morgan fingerprint density at radius 1 is 1.09 bits per heavy atom. The molecule has 2 heterocycles. The van der Waals surface area contributed by atoms with Crippen LogP contribution >= 0.6 is 0 Å². The van der Waals surface area contributed by atoms with Crippen LogP contribution in [0, 0.1) is 5.82 Å². The Morgan fingerprint density at radius 3 is 2.38 bits per heavy atom. The van der Waals surface area contributed by atoms with Gasteiger partial charge in [-0.1, -0.05) is 19.1 Å². The van der Waals surface area contributed by atoms with Crippen LogP contribution in [0.15, 0.2) is 48.5 Å². The van der Waals surface area contributed by atoms with Crippen LogP contribution in [0.4, 0.5) is 20.6 Å². The van der Waals surface area contributed by atoms with Gasteiger partial charge in [0.05, 0.1) is 13.2 Å². The summed E-state index contributed by atoms with van der Waals surface area (Å²) in [7, 11) is 0. The molecule has 32 heavy (non-hydrogen) atoms. The van der Waals surface area contributed by atoms with E-state index in [0.29, 0.717) is 24.5 Å². The van der Waals surface area contributed by atoms with Crippen LogP contribution in [0.25, 0.3) is 0 Å². The Kier molecular flexibility index (Phi) is 6.09. The van der Waals surface area contributed by atoms with Gasteiger partial charge in [0.2, 0.25) is 5.91 Å². The summed E-state index contributed by atoms with van der Waals surface area (Å²) in [5.41, 5.74) is 0.762. The fourth-order valence-electron chi connectivity index (χ4n) is 4.06. The molecular weight excluding hydrogens is 415 g/mol. The Morgan fingerprint density at radius 2 is 1.75 bits per heavy atom. The number of amides is 4. The van der Waals surface area contributed by atoms with E-state index in [4.69, 9.17) is 4.74 Å². The number of carbonyl (C=O) groups excluding carboxylic acids is 3. The topological polar surface area (TPSA) is 91.0 Å². The van der Waals surface area contributed by atoms with Crippen LogP contribution in [-0.4, -0.2) is 55.6 Å². The van der Waals surface area contributed by atoms with Gasteiger partial charge in [-0.2, -0.15) is 0 Å². The van der Waals surface area contributed by atoms with Gasteiger partial charge in [-0.25, -0.2) is 9.18 Å². The molecule has 4 amide bonds. The monoisotopic (exact) mass is 440 g/mol. The van der Waals surface area contributed by atoms with Crippen LogP contribution in [0.3, 0.4) is 0 Å². The highest BCUT2D eigenvalue weighted by Gasteiger charge is 2.51. The molecule has 0 bridgehead atoms. The normalized spacial score (nSPS) is 20.9. The van der Waals surface area contributed by atoms with Gasteiger partial charge in [-0.05, 0) is 48.4 Å². The predicted molar refractivity (Wildman–Crippen MR) is 117 cm³/mol. The Bertz CT molecular complexity index is 1010. The number of anilines is 2. The molecule has 2 saturated heterocycles. The van der Waals surface area contributed by atoms with Crippen LogP contribution in [0.2, 0.25) is 0 Å². The van der Waals surface area contributed by atoms with E-state index in [9.17, 15) is 18.8 Å². The van der Waals surface area contributed by atoms with Crippen molar-refractivity contribution < 1.29 is 23.5 Å². The standard InChI is InChI=1S/C23H25FN4O4/c1-2-23(16-3-5-17(24)6-4-16)21(30)28(22(31)26-23)15-20(29)25-18-7-9-19(10-8-18)27-11-13-32-14-12-27/h3-10H,2,11-15H2,1H3,(H,25,29)(H,26,31). The van der Waals surface area contributed by atoms with Gasteiger partial charge < -0.3 is 20.3 Å². The van der Waals surface area contributed by atoms with Crippen molar-refractivity contribution in [1.82, 2.24) is 10.2 Å². The highest BCUT2D eigenvalue weighted by molar-refractivity contribution is 6.10. The quantitative estimate of drug-likeness (QED) is 0.674. The first kappa shape index (κ1) is 21.8. The van der Waals surface area contributed by atoms with Crippen molar-refractivity contribution >= 4 is 29.2 Å². The Balaban J connectivity index is 1.42. The maximum absolute atomic E-state index is 13.3. The molecule has 4 rings (SSSR count). The second-order valence-corrected chi connectivity index (χ2v) is 7.78. The minimum absolute atomic E-state index is 0.268. The third-order valence-corrected chi connectivity index (χ3v) is 5.87. The molecular formula is C23H25FN4O4. The number of nitrogens with zero attached hydrogens (tertiary/aromatic N) is 2. The number of halogens is 1. The third-order valence-electron chi connectivity index (χ3n) is 5.87. The van der Waals surface area contributed by atoms with Crippen molar-refractivity contribution in [3.63, 3.8) is 0 Å². The van der Waals surface area contributed by atoms with Gasteiger partial charge in [0, 0.05) is 24.5 Å². The first-order chi connectivity index (χ1) is 15.4. The van der Waals surface area contributed by atoms with Crippen LogP contribution in [0.5, 0.6) is 0 Å². The van der Waals surface area contributed by atoms with E-state index in [1.807, 2.05) is 12.1 Å². The lowest BCUT2D eigenvalue weighted by atomic mass is 9.87. The fourth-order valence-corrected chi connectivity index (χ4v) is 4.06. The van der Waals surface area contributed by atoms with E-state index in [-0.39, 0.29) is 6.42 Å². The van der Waals surface area contributed by atoms with Gasteiger partial charge in [-0.3, -0.25) is 14.5 Å². The first-order valence-electron chi connectivity index (χ1n) is 10.6. The summed E-state index contributed by atoms with van der Waals surface area (Å²) in [4.78, 5) is 41.3. The number of rotatable bonds is 6. The maximum Gasteiger partial charge on any atom is 0.325 e. The molecule has 0 aromatic heterocycles. The van der Waals surface area contributed by atoms with Gasteiger partial charge in [0.1, 0.15) is 17.9 Å². The molecule has 2 fully saturated rings. The molecule has 0 saturated carbocycles. The molecule has 2 aliphatic heterocycles. The molecule has 1 unspecified atom stereocenters. The summed E-state index contributed by atoms with van der Waals surface area (Å²) < 4.78 is 18.7. The summed E-state index contributed by atoms with van der Waals surface area (Å²) >= 11 is 0. The lowest BCUT2D eigenvalue weighted by molar-refractivity contribution is -0.134. The largest absolute Gasteiger partial charge is 0.378 e. The van der Waals surface area contributed by atoms with Crippen molar-refractivity contribution in [3.05, 3.63) is 59.9 Å². The lowest BCUT2D eigenvalue weighted by Crippen LogP contribution is -2.44. The minimum Gasteiger partial charge on any atom is -0.378 e. The van der Waals surface area contributed by atoms with Crippen molar-refractivity contribution in [2.24, 2.45) is 0 Å². The molecule has 2 N–H and O–H groups in total. The number of hydrogen-bond acceptors (Lipinski definition) is 5. The number of morpholine rings is 1. The van der Waals surface area contributed by atoms with E-state index < -0.39 is 35.7 Å². The van der Waals surface area contributed by atoms with Crippen LogP contribution in [-0.2, 0) is 19.9 Å². The summed E-state index contributed by atoms with van der Waals surface area (Å²) in [6, 6.07) is 12.1. The summed E-state index contributed by atoms with van der Waals surface area (Å²) in [5, 5.41) is 5.41. The van der Waals surface area contributed by atoms with E-state index in [1.54, 1.807) is 19.1 Å². The average Bonchev–Trinajstić information content (AvgIpc) is 3.05. The maximum atomic E-state index is 13.3. The van der Waals surface area contributed by atoms with Gasteiger partial charge in [0.25, 0.3) is 5.91 Å². The molecule has 2 aliphatic rings. The van der Waals surface area contributed by atoms with Crippen LogP contribution < -0.4 is 15.5 Å². The second-order valence-electron chi connectivity index (χ2n) is 7.78. The number of nitrogens with one attached hydrogen (secondary N) is 2. The van der Waals surface area contributed by atoms with Crippen molar-refractivity contribution in [2.45, 2.75) is 18.9 Å². The molecule has 0 spiro atoms. The highest BCUT2D eigenvalue weighted by atomic mass is 19.1. The highest BCUT2D eigenvalue weighted by Crippen LogP contribution is 2.32. The smallest absolute Gasteiger partial charge is 0.325 e. The molecule has 9 heteroatoms. The molecule has 1 atom stereocenters. The van der Waals surface area contributed by atoms with E-state index in [1.165, 1.54) is 24.3 Å². The first-order valence-corrected chi connectivity index (χ1v) is 10.6. The number of carbonyl (C=O) groups is 3. The second kappa shape index (κ2) is 8.96. The van der Waals surface area contributed by atoms with Crippen molar-refractivity contribution in [2.75, 3.05) is 43.1 Å². The summed E-state index contributed by atoms with van der Waals surface area (Å²) in [6.07, 6.45) is 0.268. The van der Waals surface area contributed by atoms with E-state index in [0.717, 1.165) is 23.7 Å². The number of hydrogen-bond donors (Lipinski definition) is 2. The minimum atomic E-state index is -1.31. The van der Waals surface area contributed by atoms with Gasteiger partial charge >= 0.3 is 6.03 Å². The number of urea groups is 1. The fraction of sp³-hybridized carbons (Fsp3) is 0.348. The van der Waals surface area contributed by atoms with Crippen molar-refractivity contribution in [1.29, 1.82) is 0 Å². The summed E-state index contributed by atoms with van der Waals surface area (Å²) in [5.74, 6) is -1.46. The average molecular weight is 440 g/mol. The molecule has 2 aromatic rings. The SMILES string of the molecule is CCC1(c2ccc(F)cc2)NC(=O)N(CC(=O)Nc2ccc(N3CCOCC3)cc2)C1=O. The molecule has 0 aliphatic carbocycles.